The minimum Gasteiger partial charge on any atom is -0.374 e. The molecule has 0 spiro atoms. The molecule has 0 saturated carbocycles. The lowest BCUT2D eigenvalue weighted by Gasteiger charge is -2.20. The lowest BCUT2D eigenvalue weighted by molar-refractivity contribution is -0.673. The van der Waals surface area contributed by atoms with Crippen molar-refractivity contribution in [3.63, 3.8) is 0 Å². The van der Waals surface area contributed by atoms with Gasteiger partial charge in [0, 0.05) is 81.5 Å². The van der Waals surface area contributed by atoms with Gasteiger partial charge in [-0.1, -0.05) is 76.2 Å². The van der Waals surface area contributed by atoms with Gasteiger partial charge in [-0.25, -0.2) is 4.57 Å². The molecular weight excluding hydrogens is 529 g/mol. The Hall–Kier alpha value is -3.48. The smallest absolute Gasteiger partial charge is 0.204 e. The molecule has 1 heterocycles. The lowest BCUT2D eigenvalue weighted by Crippen LogP contribution is -2.30. The van der Waals surface area contributed by atoms with Gasteiger partial charge in [-0.2, -0.15) is 0 Å². The van der Waals surface area contributed by atoms with Crippen molar-refractivity contribution in [1.29, 1.82) is 0 Å². The fourth-order valence-electron chi connectivity index (χ4n) is 3.79. The second-order valence-corrected chi connectivity index (χ2v) is 12.0. The summed E-state index contributed by atoms with van der Waals surface area (Å²) in [6, 6.07) is 23.7. The molecule has 0 fully saturated rings. The first-order valence-corrected chi connectivity index (χ1v) is 16.0. The van der Waals surface area contributed by atoms with Gasteiger partial charge in [0.25, 0.3) is 0 Å². The summed E-state index contributed by atoms with van der Waals surface area (Å²) in [5.74, 6) is 2.18. The summed E-state index contributed by atoms with van der Waals surface area (Å²) in [5, 5.41) is 0. The Balaban J connectivity index is 1.31. The van der Waals surface area contributed by atoms with Gasteiger partial charge in [-0.05, 0) is 53.6 Å². The van der Waals surface area contributed by atoms with Gasteiger partial charge in [-0.3, -0.25) is 4.99 Å². The maximum absolute atomic E-state index is 3.91. The van der Waals surface area contributed by atoms with Crippen molar-refractivity contribution in [2.75, 3.05) is 55.5 Å². The van der Waals surface area contributed by atoms with Crippen LogP contribution in [0.2, 0.25) is 0 Å². The molecule has 3 aromatic rings. The zero-order valence-corrected chi connectivity index (χ0v) is 25.7. The van der Waals surface area contributed by atoms with Crippen molar-refractivity contribution >= 4 is 57.4 Å². The molecule has 0 saturated heterocycles. The van der Waals surface area contributed by atoms with Crippen LogP contribution in [0.5, 0.6) is 0 Å². The van der Waals surface area contributed by atoms with E-state index >= 15 is 0 Å². The molecule has 4 nitrogen and oxygen atoms in total. The summed E-state index contributed by atoms with van der Waals surface area (Å²) >= 11 is 0. The molecule has 0 aliphatic heterocycles. The number of nitrogens with zero attached hydrogens (tertiary/aromatic N) is 4. The van der Waals surface area contributed by atoms with E-state index in [4.69, 9.17) is 0 Å². The Labute approximate surface area is 248 Å². The Morgan fingerprint density at radius 3 is 1.80 bits per heavy atom. The molecule has 0 aliphatic carbocycles. The molecule has 40 heavy (non-hydrogen) atoms. The summed E-state index contributed by atoms with van der Waals surface area (Å²) < 4.78 is 2.12. The summed E-state index contributed by atoms with van der Waals surface area (Å²) in [6.45, 7) is 2.05. The average Bonchev–Trinajstić information content (AvgIpc) is 2.98. The highest BCUT2D eigenvalue weighted by atomic mass is 33.1. The Morgan fingerprint density at radius 2 is 1.23 bits per heavy atom. The zero-order valence-electron chi connectivity index (χ0n) is 24.1. The second-order valence-electron chi connectivity index (χ2n) is 9.28. The number of allylic oxidation sites excluding steroid dienone is 5. The fraction of sp³-hybridized carbons (Fsp3) is 0.235. The van der Waals surface area contributed by atoms with Crippen LogP contribution in [0, 0.1) is 0 Å². The van der Waals surface area contributed by atoms with Gasteiger partial charge >= 0.3 is 0 Å². The molecule has 6 heteroatoms. The second kappa shape index (κ2) is 18.0. The SMILES string of the molecule is C/N=C/C=C\C=C\C=C\c1ccc(N(C)CCSSCCN(C)c2ccc(/C=C/c3cccc[n+]3C)cc2)cc1. The Bertz CT molecular complexity index is 1290. The van der Waals surface area contributed by atoms with Gasteiger partial charge in [0.05, 0.1) is 0 Å². The summed E-state index contributed by atoms with van der Waals surface area (Å²) in [5.41, 5.74) is 6.08. The molecule has 0 bridgehead atoms. The molecule has 0 aliphatic rings. The number of hydrogen-bond donors (Lipinski definition) is 0. The molecular formula is C34H41N4S2+. The molecule has 0 unspecified atom stereocenters. The highest BCUT2D eigenvalue weighted by Crippen LogP contribution is 2.23. The summed E-state index contributed by atoms with van der Waals surface area (Å²) in [4.78, 5) is 8.56. The van der Waals surface area contributed by atoms with E-state index < -0.39 is 0 Å². The van der Waals surface area contributed by atoms with E-state index in [1.54, 1.807) is 13.3 Å². The van der Waals surface area contributed by atoms with E-state index in [9.17, 15) is 0 Å². The number of pyridine rings is 1. The van der Waals surface area contributed by atoms with Crippen molar-refractivity contribution in [3.05, 3.63) is 120 Å². The molecule has 0 amide bonds. The number of aryl methyl sites for hydroxylation is 1. The summed E-state index contributed by atoms with van der Waals surface area (Å²) in [7, 11) is 12.1. The van der Waals surface area contributed by atoms with Crippen LogP contribution in [0.25, 0.3) is 18.2 Å². The molecule has 208 valence electrons. The van der Waals surface area contributed by atoms with Gasteiger partial charge < -0.3 is 9.80 Å². The van der Waals surface area contributed by atoms with Crippen LogP contribution in [0.4, 0.5) is 11.4 Å². The van der Waals surface area contributed by atoms with Crippen molar-refractivity contribution in [1.82, 2.24) is 0 Å². The van der Waals surface area contributed by atoms with E-state index in [2.05, 4.69) is 132 Å². The zero-order chi connectivity index (χ0) is 28.4. The van der Waals surface area contributed by atoms with Crippen LogP contribution < -0.4 is 14.4 Å². The average molecular weight is 570 g/mol. The van der Waals surface area contributed by atoms with Crippen LogP contribution in [-0.4, -0.2) is 52.0 Å². The first-order valence-electron chi connectivity index (χ1n) is 13.5. The van der Waals surface area contributed by atoms with E-state index in [-0.39, 0.29) is 0 Å². The Kier molecular flexibility index (Phi) is 14.0. The third-order valence-electron chi connectivity index (χ3n) is 6.28. The molecule has 1 aromatic heterocycles. The van der Waals surface area contributed by atoms with E-state index in [1.807, 2.05) is 52.0 Å². The van der Waals surface area contributed by atoms with Crippen LogP contribution in [0.15, 0.2) is 108 Å². The summed E-state index contributed by atoms with van der Waals surface area (Å²) in [6.07, 6.45) is 20.2. The third-order valence-corrected chi connectivity index (χ3v) is 8.65. The van der Waals surface area contributed by atoms with Crippen molar-refractivity contribution < 1.29 is 4.57 Å². The number of hydrogen-bond acceptors (Lipinski definition) is 5. The molecule has 3 rings (SSSR count). The maximum Gasteiger partial charge on any atom is 0.204 e. The predicted molar refractivity (Wildman–Crippen MR) is 183 cm³/mol. The number of anilines is 2. The molecule has 0 atom stereocenters. The highest BCUT2D eigenvalue weighted by Gasteiger charge is 2.04. The van der Waals surface area contributed by atoms with E-state index in [1.165, 1.54) is 28.2 Å². The van der Waals surface area contributed by atoms with Crippen molar-refractivity contribution in [3.8, 4) is 0 Å². The lowest BCUT2D eigenvalue weighted by atomic mass is 10.1. The van der Waals surface area contributed by atoms with Crippen LogP contribution in [-0.2, 0) is 7.05 Å². The van der Waals surface area contributed by atoms with Gasteiger partial charge in [0.15, 0.2) is 6.20 Å². The van der Waals surface area contributed by atoms with Crippen LogP contribution >= 0.6 is 21.6 Å². The van der Waals surface area contributed by atoms with Gasteiger partial charge in [-0.15, -0.1) is 0 Å². The normalized spacial score (nSPS) is 12.1. The van der Waals surface area contributed by atoms with E-state index in [0.717, 1.165) is 24.6 Å². The van der Waals surface area contributed by atoms with Crippen LogP contribution in [0.3, 0.4) is 0 Å². The van der Waals surface area contributed by atoms with Crippen molar-refractivity contribution in [2.24, 2.45) is 12.0 Å². The van der Waals surface area contributed by atoms with Crippen LogP contribution in [0.1, 0.15) is 16.8 Å². The number of benzene rings is 2. The third kappa shape index (κ3) is 11.3. The van der Waals surface area contributed by atoms with Gasteiger partial charge in [0.2, 0.25) is 5.69 Å². The molecule has 2 aromatic carbocycles. The maximum atomic E-state index is 3.91. The fourth-order valence-corrected chi connectivity index (χ4v) is 5.88. The standard InChI is InChI=1S/C34H41N4S2/c1-35-24-10-7-5-6-8-12-30-14-20-33(21-15-30)37(3)26-28-39-40-29-27-38(4)34-22-17-31(18-23-34)16-19-32-13-9-11-25-36(32)2/h5-25H,26-29H2,1-4H3/q+1/b6-5+,10-7-,12-8+,35-24+. The topological polar surface area (TPSA) is 22.7 Å². The van der Waals surface area contributed by atoms with Crippen molar-refractivity contribution in [2.45, 2.75) is 0 Å². The Morgan fingerprint density at radius 1 is 0.675 bits per heavy atom. The molecule has 0 N–H and O–H groups in total. The largest absolute Gasteiger partial charge is 0.374 e. The van der Waals surface area contributed by atoms with E-state index in [0.29, 0.717) is 0 Å². The first-order chi connectivity index (χ1) is 19.6. The first kappa shape index (κ1) is 31.1. The monoisotopic (exact) mass is 569 g/mol. The highest BCUT2D eigenvalue weighted by molar-refractivity contribution is 8.76. The minimum atomic E-state index is 1.02. The predicted octanol–water partition coefficient (Wildman–Crippen LogP) is 7.46. The number of rotatable bonds is 15. The van der Waals surface area contributed by atoms with Gasteiger partial charge in [0.1, 0.15) is 7.05 Å². The number of aliphatic imine (C=N–C) groups is 1. The number of aromatic nitrogens is 1. The minimum absolute atomic E-state index is 1.02. The molecule has 0 radical (unpaired) electrons. The quantitative estimate of drug-likeness (QED) is 0.0623.